The maximum absolute atomic E-state index is 12.3. The first-order valence-corrected chi connectivity index (χ1v) is 8.62. The fourth-order valence-electron chi connectivity index (χ4n) is 2.88. The highest BCUT2D eigenvalue weighted by Gasteiger charge is 2.12. The van der Waals surface area contributed by atoms with Crippen molar-refractivity contribution in [1.29, 1.82) is 0 Å². The van der Waals surface area contributed by atoms with Gasteiger partial charge in [0.1, 0.15) is 0 Å². The fourth-order valence-corrected chi connectivity index (χ4v) is 2.88. The molecule has 134 valence electrons. The zero-order valence-electron chi connectivity index (χ0n) is 15.3. The van der Waals surface area contributed by atoms with Crippen LogP contribution in [0.15, 0.2) is 60.7 Å². The van der Waals surface area contributed by atoms with Crippen LogP contribution in [-0.4, -0.2) is 19.6 Å². The largest absolute Gasteiger partial charge is 0.493 e. The van der Waals surface area contributed by atoms with Gasteiger partial charge in [-0.1, -0.05) is 42.5 Å². The molecule has 0 spiro atoms. The van der Waals surface area contributed by atoms with Crippen LogP contribution < -0.4 is 14.8 Å². The van der Waals surface area contributed by atoms with Crippen molar-refractivity contribution in [2.75, 3.05) is 13.7 Å². The lowest BCUT2D eigenvalue weighted by molar-refractivity contribution is -0.123. The number of methoxy groups -OCH3 is 1. The Labute approximate surface area is 153 Å². The van der Waals surface area contributed by atoms with Crippen molar-refractivity contribution in [1.82, 2.24) is 5.32 Å². The minimum Gasteiger partial charge on any atom is -0.493 e. The molecular weight excluding hydrogens is 326 g/mol. The van der Waals surface area contributed by atoms with Crippen LogP contribution in [0.3, 0.4) is 0 Å². The number of hydrogen-bond acceptors (Lipinski definition) is 3. The summed E-state index contributed by atoms with van der Waals surface area (Å²) in [7, 11) is 1.59. The van der Waals surface area contributed by atoms with Gasteiger partial charge in [-0.2, -0.15) is 0 Å². The normalized spacial score (nSPS) is 11.8. The van der Waals surface area contributed by atoms with E-state index in [1.807, 2.05) is 50.2 Å². The Morgan fingerprint density at radius 1 is 1.00 bits per heavy atom. The van der Waals surface area contributed by atoms with E-state index in [0.29, 0.717) is 11.5 Å². The summed E-state index contributed by atoms with van der Waals surface area (Å²) in [6, 6.07) is 19.9. The summed E-state index contributed by atoms with van der Waals surface area (Å²) < 4.78 is 10.9. The molecule has 0 aliphatic carbocycles. The van der Waals surface area contributed by atoms with Crippen molar-refractivity contribution in [3.05, 3.63) is 71.8 Å². The number of aryl methyl sites for hydroxylation is 1. The first-order valence-electron chi connectivity index (χ1n) is 8.62. The van der Waals surface area contributed by atoms with Gasteiger partial charge >= 0.3 is 0 Å². The predicted molar refractivity (Wildman–Crippen MR) is 104 cm³/mol. The molecule has 0 aromatic heterocycles. The van der Waals surface area contributed by atoms with Gasteiger partial charge in [-0.15, -0.1) is 0 Å². The van der Waals surface area contributed by atoms with Gasteiger partial charge in [-0.3, -0.25) is 4.79 Å². The Morgan fingerprint density at radius 2 is 1.77 bits per heavy atom. The number of carbonyl (C=O) groups excluding carboxylic acids is 1. The van der Waals surface area contributed by atoms with Crippen LogP contribution in [0.2, 0.25) is 0 Å². The average Bonchev–Trinajstić information content (AvgIpc) is 2.66. The Bertz CT molecular complexity index is 920. The minimum atomic E-state index is -0.173. The lowest BCUT2D eigenvalue weighted by Gasteiger charge is -2.16. The maximum Gasteiger partial charge on any atom is 0.258 e. The molecule has 26 heavy (non-hydrogen) atoms. The predicted octanol–water partition coefficient (Wildman–Crippen LogP) is 4.41. The van der Waals surface area contributed by atoms with E-state index in [0.717, 1.165) is 16.5 Å². The van der Waals surface area contributed by atoms with Gasteiger partial charge in [0.2, 0.25) is 0 Å². The van der Waals surface area contributed by atoms with Crippen LogP contribution >= 0.6 is 0 Å². The highest BCUT2D eigenvalue weighted by Crippen LogP contribution is 2.27. The average molecular weight is 349 g/mol. The van der Waals surface area contributed by atoms with Crippen molar-refractivity contribution >= 4 is 16.7 Å². The number of nitrogens with one attached hydrogen (secondary N) is 1. The molecule has 1 atom stereocenters. The molecule has 0 heterocycles. The van der Waals surface area contributed by atoms with Crippen molar-refractivity contribution in [3.8, 4) is 11.5 Å². The topological polar surface area (TPSA) is 47.6 Å². The van der Waals surface area contributed by atoms with E-state index in [-0.39, 0.29) is 18.6 Å². The van der Waals surface area contributed by atoms with E-state index < -0.39 is 0 Å². The van der Waals surface area contributed by atoms with Crippen LogP contribution in [0.25, 0.3) is 10.8 Å². The van der Waals surface area contributed by atoms with E-state index >= 15 is 0 Å². The molecule has 0 saturated heterocycles. The van der Waals surface area contributed by atoms with Gasteiger partial charge in [0, 0.05) is 0 Å². The van der Waals surface area contributed by atoms with Gasteiger partial charge in [-0.05, 0) is 53.9 Å². The summed E-state index contributed by atoms with van der Waals surface area (Å²) in [5.41, 5.74) is 2.13. The van der Waals surface area contributed by atoms with Crippen LogP contribution in [0.1, 0.15) is 24.1 Å². The summed E-state index contributed by atoms with van der Waals surface area (Å²) in [6.07, 6.45) is 0. The third-order valence-corrected chi connectivity index (χ3v) is 4.33. The molecule has 3 rings (SSSR count). The standard InChI is InChI=1S/C22H23NO3/c1-15-8-11-20(21(12-15)25-3)26-14-22(24)23-16(2)18-10-9-17-6-4-5-7-19(17)13-18/h4-13,16H,14H2,1-3H3,(H,23,24). The van der Waals surface area contributed by atoms with Crippen molar-refractivity contribution in [2.45, 2.75) is 19.9 Å². The van der Waals surface area contributed by atoms with Gasteiger partial charge in [0.15, 0.2) is 18.1 Å². The Kier molecular flexibility index (Phi) is 5.42. The second-order valence-electron chi connectivity index (χ2n) is 6.34. The molecule has 1 amide bonds. The second kappa shape index (κ2) is 7.91. The fraction of sp³-hybridized carbons (Fsp3) is 0.227. The lowest BCUT2D eigenvalue weighted by atomic mass is 10.0. The van der Waals surface area contributed by atoms with E-state index in [1.54, 1.807) is 7.11 Å². The summed E-state index contributed by atoms with van der Waals surface area (Å²) in [6.45, 7) is 3.88. The summed E-state index contributed by atoms with van der Waals surface area (Å²) in [4.78, 5) is 12.3. The Hall–Kier alpha value is -3.01. The lowest BCUT2D eigenvalue weighted by Crippen LogP contribution is -2.31. The molecule has 0 saturated carbocycles. The molecule has 4 heteroatoms. The van der Waals surface area contributed by atoms with E-state index in [9.17, 15) is 4.79 Å². The van der Waals surface area contributed by atoms with Gasteiger partial charge in [0.25, 0.3) is 5.91 Å². The van der Waals surface area contributed by atoms with Crippen molar-refractivity contribution in [3.63, 3.8) is 0 Å². The van der Waals surface area contributed by atoms with Gasteiger partial charge in [-0.25, -0.2) is 0 Å². The summed E-state index contributed by atoms with van der Waals surface area (Å²) in [5.74, 6) is 1.01. The molecule has 0 radical (unpaired) electrons. The molecule has 0 bridgehead atoms. The first kappa shape index (κ1) is 17.8. The van der Waals surface area contributed by atoms with Gasteiger partial charge in [0.05, 0.1) is 13.2 Å². The third-order valence-electron chi connectivity index (χ3n) is 4.33. The number of hydrogen-bond donors (Lipinski definition) is 1. The van der Waals surface area contributed by atoms with Crippen molar-refractivity contribution < 1.29 is 14.3 Å². The monoisotopic (exact) mass is 349 g/mol. The number of carbonyl (C=O) groups is 1. The second-order valence-corrected chi connectivity index (χ2v) is 6.34. The van der Waals surface area contributed by atoms with E-state index in [2.05, 4.69) is 29.6 Å². The number of ether oxygens (including phenoxy) is 2. The molecular formula is C22H23NO3. The molecule has 0 fully saturated rings. The summed E-state index contributed by atoms with van der Waals surface area (Å²) in [5, 5.41) is 5.32. The minimum absolute atomic E-state index is 0.0582. The quantitative estimate of drug-likeness (QED) is 0.717. The SMILES string of the molecule is COc1cc(C)ccc1OCC(=O)NC(C)c1ccc2ccccc2c1. The molecule has 3 aromatic rings. The number of rotatable bonds is 6. The number of fused-ring (bicyclic) bond motifs is 1. The zero-order chi connectivity index (χ0) is 18.5. The van der Waals surface area contributed by atoms with Crippen molar-refractivity contribution in [2.24, 2.45) is 0 Å². The summed E-state index contributed by atoms with van der Waals surface area (Å²) >= 11 is 0. The number of amides is 1. The highest BCUT2D eigenvalue weighted by atomic mass is 16.5. The highest BCUT2D eigenvalue weighted by molar-refractivity contribution is 5.83. The molecule has 1 unspecified atom stereocenters. The Balaban J connectivity index is 1.62. The molecule has 4 nitrogen and oxygen atoms in total. The first-order chi connectivity index (χ1) is 12.6. The van der Waals surface area contributed by atoms with E-state index in [1.165, 1.54) is 5.39 Å². The molecule has 3 aromatic carbocycles. The smallest absolute Gasteiger partial charge is 0.258 e. The third kappa shape index (κ3) is 4.14. The van der Waals surface area contributed by atoms with Crippen LogP contribution in [-0.2, 0) is 4.79 Å². The number of benzene rings is 3. The van der Waals surface area contributed by atoms with Crippen LogP contribution in [0.5, 0.6) is 11.5 Å². The Morgan fingerprint density at radius 3 is 2.54 bits per heavy atom. The van der Waals surface area contributed by atoms with Gasteiger partial charge < -0.3 is 14.8 Å². The van der Waals surface area contributed by atoms with Crippen LogP contribution in [0.4, 0.5) is 0 Å². The molecule has 0 aliphatic rings. The van der Waals surface area contributed by atoms with E-state index in [4.69, 9.17) is 9.47 Å². The molecule has 1 N–H and O–H groups in total. The zero-order valence-corrected chi connectivity index (χ0v) is 15.3. The maximum atomic E-state index is 12.3. The van der Waals surface area contributed by atoms with Crippen LogP contribution in [0, 0.1) is 6.92 Å². The molecule has 0 aliphatic heterocycles.